The molecule has 0 aliphatic heterocycles. The van der Waals surface area contributed by atoms with Crippen LogP contribution >= 0.6 is 0 Å². The van der Waals surface area contributed by atoms with E-state index in [1.807, 2.05) is 31.2 Å². The fourth-order valence-corrected chi connectivity index (χ4v) is 5.65. The van der Waals surface area contributed by atoms with E-state index in [1.54, 1.807) is 6.07 Å². The van der Waals surface area contributed by atoms with Crippen LogP contribution in [0.4, 0.5) is 8.78 Å². The van der Waals surface area contributed by atoms with Crippen molar-refractivity contribution in [2.45, 2.75) is 90.4 Å². The maximum Gasteiger partial charge on any atom is 0.201 e. The molecule has 1 aliphatic rings. The monoisotopic (exact) mass is 530 g/mol. The lowest BCUT2D eigenvalue weighted by molar-refractivity contribution is 0.295. The van der Waals surface area contributed by atoms with Crippen LogP contribution in [0.1, 0.15) is 94.2 Å². The molecule has 0 saturated heterocycles. The van der Waals surface area contributed by atoms with Gasteiger partial charge in [-0.2, -0.15) is 4.39 Å². The Bertz CT molecular complexity index is 1170. The molecule has 0 radical (unpaired) electrons. The van der Waals surface area contributed by atoms with Crippen LogP contribution < -0.4 is 4.74 Å². The van der Waals surface area contributed by atoms with E-state index in [-0.39, 0.29) is 11.3 Å². The van der Waals surface area contributed by atoms with Crippen LogP contribution in [0.3, 0.4) is 0 Å². The van der Waals surface area contributed by atoms with Crippen LogP contribution in [0, 0.1) is 17.6 Å². The molecular weight excluding hydrogens is 486 g/mol. The van der Waals surface area contributed by atoms with Gasteiger partial charge in [0.2, 0.25) is 5.82 Å². The molecule has 1 saturated carbocycles. The van der Waals surface area contributed by atoms with Crippen molar-refractivity contribution in [3.8, 4) is 16.9 Å². The molecule has 3 aromatic rings. The Hall–Kier alpha value is -2.94. The summed E-state index contributed by atoms with van der Waals surface area (Å²) in [5.74, 6) is -0.412. The highest BCUT2D eigenvalue weighted by Crippen LogP contribution is 2.36. The number of halogens is 2. The van der Waals surface area contributed by atoms with Gasteiger partial charge in [-0.15, -0.1) is 0 Å². The molecule has 0 atom stereocenters. The van der Waals surface area contributed by atoms with Gasteiger partial charge < -0.3 is 4.74 Å². The molecule has 0 amide bonds. The van der Waals surface area contributed by atoms with E-state index in [4.69, 9.17) is 4.74 Å². The minimum Gasteiger partial charge on any atom is -0.490 e. The first-order valence-electron chi connectivity index (χ1n) is 15.0. The average Bonchev–Trinajstić information content (AvgIpc) is 2.97. The smallest absolute Gasteiger partial charge is 0.201 e. The molecule has 3 heteroatoms. The number of ether oxygens (including phenoxy) is 1. The molecule has 1 aliphatic carbocycles. The number of benzene rings is 3. The zero-order valence-corrected chi connectivity index (χ0v) is 23.7. The summed E-state index contributed by atoms with van der Waals surface area (Å²) in [6.07, 6.45) is 17.6. The molecule has 0 bridgehead atoms. The van der Waals surface area contributed by atoms with Gasteiger partial charge in [0, 0.05) is 5.56 Å². The summed E-state index contributed by atoms with van der Waals surface area (Å²) in [6.45, 7) is 4.56. The van der Waals surface area contributed by atoms with E-state index < -0.39 is 11.6 Å². The minimum absolute atomic E-state index is 0.0261. The number of hydrogen-bond acceptors (Lipinski definition) is 1. The van der Waals surface area contributed by atoms with Gasteiger partial charge in [-0.3, -0.25) is 0 Å². The van der Waals surface area contributed by atoms with Gasteiger partial charge in [-0.05, 0) is 104 Å². The lowest BCUT2D eigenvalue weighted by atomic mass is 9.78. The first-order chi connectivity index (χ1) is 19.1. The molecular formula is C36H44F2O. The maximum absolute atomic E-state index is 14.6. The normalized spacial score (nSPS) is 17.5. The third-order valence-electron chi connectivity index (χ3n) is 8.07. The molecule has 0 unspecified atom stereocenters. The highest BCUT2D eigenvalue weighted by molar-refractivity contribution is 5.65. The van der Waals surface area contributed by atoms with Gasteiger partial charge in [-0.1, -0.05) is 87.4 Å². The van der Waals surface area contributed by atoms with Gasteiger partial charge in [0.05, 0.1) is 6.61 Å². The predicted molar refractivity (Wildman–Crippen MR) is 159 cm³/mol. The summed E-state index contributed by atoms with van der Waals surface area (Å²) in [5, 5.41) is 0. The van der Waals surface area contributed by atoms with Crippen LogP contribution in [0.2, 0.25) is 0 Å². The van der Waals surface area contributed by atoms with Crippen molar-refractivity contribution in [1.29, 1.82) is 0 Å². The van der Waals surface area contributed by atoms with Crippen molar-refractivity contribution in [3.05, 3.63) is 101 Å². The van der Waals surface area contributed by atoms with E-state index >= 15 is 0 Å². The Morgan fingerprint density at radius 3 is 2.13 bits per heavy atom. The molecule has 1 nitrogen and oxygen atoms in total. The molecule has 208 valence electrons. The number of unbranched alkanes of at least 4 members (excludes halogenated alkanes) is 2. The molecule has 3 aromatic carbocycles. The Labute approximate surface area is 234 Å². The van der Waals surface area contributed by atoms with Crippen molar-refractivity contribution in [2.75, 3.05) is 6.61 Å². The topological polar surface area (TPSA) is 9.23 Å². The Balaban J connectivity index is 1.21. The van der Waals surface area contributed by atoms with Crippen molar-refractivity contribution < 1.29 is 13.5 Å². The van der Waals surface area contributed by atoms with Crippen LogP contribution in [0.5, 0.6) is 5.75 Å². The van der Waals surface area contributed by atoms with Gasteiger partial charge in [0.1, 0.15) is 0 Å². The molecule has 1 fully saturated rings. The quantitative estimate of drug-likeness (QED) is 0.158. The fourth-order valence-electron chi connectivity index (χ4n) is 5.65. The summed E-state index contributed by atoms with van der Waals surface area (Å²) in [4.78, 5) is 0. The Kier molecular flexibility index (Phi) is 11.2. The largest absolute Gasteiger partial charge is 0.490 e. The molecule has 39 heavy (non-hydrogen) atoms. The van der Waals surface area contributed by atoms with Crippen LogP contribution in [0.25, 0.3) is 11.1 Å². The summed E-state index contributed by atoms with van der Waals surface area (Å²) in [6, 6.07) is 20.3. The minimum atomic E-state index is -0.917. The van der Waals surface area contributed by atoms with Gasteiger partial charge in [0.25, 0.3) is 0 Å². The maximum atomic E-state index is 14.6. The molecule has 0 spiro atoms. The number of aryl methyl sites for hydroxylation is 2. The SMILES string of the molecule is CCCCCc1ccc(C2CCC(/C=C/CCc3ccc(-c4ccc(OCCC)c(F)c4F)cc3)CC2)cc1. The van der Waals surface area contributed by atoms with Crippen LogP contribution in [-0.4, -0.2) is 6.61 Å². The first-order valence-corrected chi connectivity index (χ1v) is 15.0. The van der Waals surface area contributed by atoms with E-state index in [2.05, 4.69) is 43.3 Å². The number of allylic oxidation sites excluding steroid dienone is 2. The number of rotatable bonds is 13. The summed E-state index contributed by atoms with van der Waals surface area (Å²) in [7, 11) is 0. The molecule has 0 aromatic heterocycles. The van der Waals surface area contributed by atoms with E-state index in [9.17, 15) is 8.78 Å². The van der Waals surface area contributed by atoms with E-state index in [1.165, 1.54) is 74.1 Å². The highest BCUT2D eigenvalue weighted by Gasteiger charge is 2.21. The van der Waals surface area contributed by atoms with Gasteiger partial charge in [-0.25, -0.2) is 4.39 Å². The molecule has 0 heterocycles. The Morgan fingerprint density at radius 1 is 0.744 bits per heavy atom. The van der Waals surface area contributed by atoms with Crippen LogP contribution in [0.15, 0.2) is 72.8 Å². The zero-order chi connectivity index (χ0) is 27.5. The summed E-state index contributed by atoms with van der Waals surface area (Å²) >= 11 is 0. The third-order valence-corrected chi connectivity index (χ3v) is 8.07. The second-order valence-corrected chi connectivity index (χ2v) is 11.1. The predicted octanol–water partition coefficient (Wildman–Crippen LogP) is 10.6. The average molecular weight is 531 g/mol. The second kappa shape index (κ2) is 15.0. The molecule has 0 N–H and O–H groups in total. The zero-order valence-electron chi connectivity index (χ0n) is 23.7. The van der Waals surface area contributed by atoms with Crippen LogP contribution in [-0.2, 0) is 12.8 Å². The number of hydrogen-bond donors (Lipinski definition) is 0. The third kappa shape index (κ3) is 8.27. The summed E-state index contributed by atoms with van der Waals surface area (Å²) < 4.78 is 34.3. The van der Waals surface area contributed by atoms with Crippen molar-refractivity contribution in [2.24, 2.45) is 5.92 Å². The van der Waals surface area contributed by atoms with Crippen molar-refractivity contribution in [1.82, 2.24) is 0 Å². The van der Waals surface area contributed by atoms with E-state index in [0.717, 1.165) is 19.3 Å². The molecule has 4 rings (SSSR count). The fraction of sp³-hybridized carbons (Fsp3) is 0.444. The summed E-state index contributed by atoms with van der Waals surface area (Å²) in [5.41, 5.74) is 5.14. The highest BCUT2D eigenvalue weighted by atomic mass is 19.2. The van der Waals surface area contributed by atoms with Crippen molar-refractivity contribution >= 4 is 0 Å². The van der Waals surface area contributed by atoms with Crippen molar-refractivity contribution in [3.63, 3.8) is 0 Å². The lowest BCUT2D eigenvalue weighted by Gasteiger charge is -2.27. The lowest BCUT2D eigenvalue weighted by Crippen LogP contribution is -2.11. The van der Waals surface area contributed by atoms with Gasteiger partial charge in [0.15, 0.2) is 11.6 Å². The standard InChI is InChI=1S/C36H44F2O/c1-3-5-6-9-27-12-18-30(19-13-27)31-20-14-28(15-21-31)10-7-8-11-29-16-22-32(23-17-29)33-24-25-34(39-26-4-2)36(38)35(33)37/h7,10,12-13,16-19,22-25,28,31H,3-6,8-9,11,14-15,20-21,26H2,1-2H3/b10-7+. The van der Waals surface area contributed by atoms with E-state index in [0.29, 0.717) is 24.0 Å². The second-order valence-electron chi connectivity index (χ2n) is 11.1. The van der Waals surface area contributed by atoms with Gasteiger partial charge >= 0.3 is 0 Å². The first kappa shape index (κ1) is 29.1. The Morgan fingerprint density at radius 2 is 1.44 bits per heavy atom.